The molecule has 0 bridgehead atoms. The van der Waals surface area contributed by atoms with E-state index in [4.69, 9.17) is 14.2 Å². The molecule has 0 saturated heterocycles. The fraction of sp³-hybridized carbons (Fsp3) is 1.00. The van der Waals surface area contributed by atoms with E-state index in [2.05, 4.69) is 13.8 Å². The number of ether oxygens (including phenoxy) is 3. The van der Waals surface area contributed by atoms with E-state index < -0.39 is 0 Å². The molecule has 0 aromatic carbocycles. The lowest BCUT2D eigenvalue weighted by atomic mass is 10.1. The first-order valence-corrected chi connectivity index (χ1v) is 6.54. The number of unbranched alkanes of at least 4 members (excludes halogenated alkanes) is 1. The van der Waals surface area contributed by atoms with Gasteiger partial charge in [-0.3, -0.25) is 0 Å². The lowest BCUT2D eigenvalue weighted by molar-refractivity contribution is 0.00980. The third-order valence-corrected chi connectivity index (χ3v) is 2.40. The molecule has 16 heavy (non-hydrogen) atoms. The van der Waals surface area contributed by atoms with Gasteiger partial charge in [-0.25, -0.2) is 0 Å². The van der Waals surface area contributed by atoms with E-state index in [1.54, 1.807) is 0 Å². The van der Waals surface area contributed by atoms with E-state index in [1.165, 1.54) is 19.3 Å². The summed E-state index contributed by atoms with van der Waals surface area (Å²) in [5.41, 5.74) is 0. The second-order valence-electron chi connectivity index (χ2n) is 4.13. The van der Waals surface area contributed by atoms with E-state index in [0.717, 1.165) is 13.2 Å². The van der Waals surface area contributed by atoms with Crippen molar-refractivity contribution >= 4 is 0 Å². The molecule has 0 rings (SSSR count). The van der Waals surface area contributed by atoms with Crippen molar-refractivity contribution in [3.63, 3.8) is 0 Å². The van der Waals surface area contributed by atoms with Crippen molar-refractivity contribution in [3.05, 3.63) is 0 Å². The molecule has 0 aliphatic carbocycles. The van der Waals surface area contributed by atoms with Crippen molar-refractivity contribution in [2.24, 2.45) is 5.92 Å². The molecule has 98 valence electrons. The van der Waals surface area contributed by atoms with Crippen LogP contribution in [0.1, 0.15) is 40.0 Å². The maximum atomic E-state index is 5.53. The molecular weight excluding hydrogens is 204 g/mol. The summed E-state index contributed by atoms with van der Waals surface area (Å²) < 4.78 is 16.0. The molecule has 0 saturated carbocycles. The van der Waals surface area contributed by atoms with Crippen LogP contribution in [0.25, 0.3) is 0 Å². The van der Waals surface area contributed by atoms with Gasteiger partial charge in [-0.1, -0.05) is 26.7 Å². The molecule has 0 aromatic rings. The maximum Gasteiger partial charge on any atom is 0.0701 e. The van der Waals surface area contributed by atoms with Gasteiger partial charge in [-0.15, -0.1) is 0 Å². The summed E-state index contributed by atoms with van der Waals surface area (Å²) in [5, 5.41) is 0. The number of hydrogen-bond donors (Lipinski definition) is 0. The van der Waals surface area contributed by atoms with E-state index >= 15 is 0 Å². The minimum Gasteiger partial charge on any atom is -0.379 e. The molecule has 0 aliphatic heterocycles. The van der Waals surface area contributed by atoms with Gasteiger partial charge >= 0.3 is 0 Å². The van der Waals surface area contributed by atoms with Crippen LogP contribution in [0.15, 0.2) is 0 Å². The molecule has 0 heterocycles. The predicted molar refractivity (Wildman–Crippen MR) is 66.8 cm³/mol. The van der Waals surface area contributed by atoms with Crippen molar-refractivity contribution in [3.8, 4) is 0 Å². The molecule has 0 radical (unpaired) electrons. The van der Waals surface area contributed by atoms with Crippen LogP contribution in [0.5, 0.6) is 0 Å². The second kappa shape index (κ2) is 12.9. The first kappa shape index (κ1) is 15.9. The average Bonchev–Trinajstić information content (AvgIpc) is 2.30. The van der Waals surface area contributed by atoms with Crippen LogP contribution in [-0.4, -0.2) is 39.6 Å². The Morgan fingerprint density at radius 2 is 1.50 bits per heavy atom. The molecule has 0 spiro atoms. The molecule has 1 unspecified atom stereocenters. The van der Waals surface area contributed by atoms with Gasteiger partial charge in [0.25, 0.3) is 0 Å². The molecule has 0 fully saturated rings. The lowest BCUT2D eigenvalue weighted by Crippen LogP contribution is -2.12. The smallest absolute Gasteiger partial charge is 0.0701 e. The summed E-state index contributed by atoms with van der Waals surface area (Å²) in [7, 11) is 0. The van der Waals surface area contributed by atoms with Crippen molar-refractivity contribution < 1.29 is 14.2 Å². The van der Waals surface area contributed by atoms with Crippen LogP contribution in [0, 0.1) is 5.92 Å². The van der Waals surface area contributed by atoms with Gasteiger partial charge in [0, 0.05) is 13.2 Å². The zero-order valence-electron chi connectivity index (χ0n) is 11.2. The highest BCUT2D eigenvalue weighted by Crippen LogP contribution is 2.07. The molecule has 0 N–H and O–H groups in total. The van der Waals surface area contributed by atoms with Gasteiger partial charge in [0.05, 0.1) is 26.4 Å². The van der Waals surface area contributed by atoms with E-state index in [0.29, 0.717) is 32.3 Å². The minimum atomic E-state index is 0.669. The largest absolute Gasteiger partial charge is 0.379 e. The van der Waals surface area contributed by atoms with Crippen LogP contribution in [-0.2, 0) is 14.2 Å². The Hall–Kier alpha value is -0.120. The van der Waals surface area contributed by atoms with Gasteiger partial charge in [0.1, 0.15) is 0 Å². The topological polar surface area (TPSA) is 27.7 Å². The molecule has 0 aliphatic rings. The van der Waals surface area contributed by atoms with Crippen LogP contribution in [0.2, 0.25) is 0 Å². The van der Waals surface area contributed by atoms with E-state index in [-0.39, 0.29) is 0 Å². The van der Waals surface area contributed by atoms with Crippen LogP contribution in [0.3, 0.4) is 0 Å². The fourth-order valence-electron chi connectivity index (χ4n) is 1.40. The van der Waals surface area contributed by atoms with Gasteiger partial charge < -0.3 is 14.2 Å². The standard InChI is InChI=1S/C13H28O3/c1-4-6-7-13(3)12-16-11-10-15-9-8-14-5-2/h13H,4-12H2,1-3H3. The van der Waals surface area contributed by atoms with Gasteiger partial charge in [0.15, 0.2) is 0 Å². The van der Waals surface area contributed by atoms with Gasteiger partial charge in [0.2, 0.25) is 0 Å². The Morgan fingerprint density at radius 3 is 2.12 bits per heavy atom. The number of rotatable bonds is 12. The van der Waals surface area contributed by atoms with Crippen molar-refractivity contribution in [2.75, 3.05) is 39.6 Å². The van der Waals surface area contributed by atoms with Crippen LogP contribution in [0.4, 0.5) is 0 Å². The van der Waals surface area contributed by atoms with E-state index in [1.807, 2.05) is 6.92 Å². The normalized spacial score (nSPS) is 12.9. The quantitative estimate of drug-likeness (QED) is 0.484. The first-order valence-electron chi connectivity index (χ1n) is 6.54. The monoisotopic (exact) mass is 232 g/mol. The summed E-state index contributed by atoms with van der Waals surface area (Å²) in [4.78, 5) is 0. The molecule has 0 amide bonds. The Balaban J connectivity index is 3.02. The number of hydrogen-bond acceptors (Lipinski definition) is 3. The summed E-state index contributed by atoms with van der Waals surface area (Å²) in [5.74, 6) is 0.670. The highest BCUT2D eigenvalue weighted by atomic mass is 16.5. The maximum absolute atomic E-state index is 5.53. The molecular formula is C13H28O3. The van der Waals surface area contributed by atoms with Crippen molar-refractivity contribution in [1.29, 1.82) is 0 Å². The summed E-state index contributed by atoms with van der Waals surface area (Å²) in [6.45, 7) is 10.8. The van der Waals surface area contributed by atoms with Gasteiger partial charge in [-0.2, -0.15) is 0 Å². The Morgan fingerprint density at radius 1 is 0.875 bits per heavy atom. The summed E-state index contributed by atoms with van der Waals surface area (Å²) >= 11 is 0. The highest BCUT2D eigenvalue weighted by molar-refractivity contribution is 4.50. The van der Waals surface area contributed by atoms with Crippen LogP contribution < -0.4 is 0 Å². The predicted octanol–water partition coefficient (Wildman–Crippen LogP) is 2.88. The van der Waals surface area contributed by atoms with Crippen LogP contribution >= 0.6 is 0 Å². The van der Waals surface area contributed by atoms with Crippen molar-refractivity contribution in [2.45, 2.75) is 40.0 Å². The highest BCUT2D eigenvalue weighted by Gasteiger charge is 2.00. The summed E-state index contributed by atoms with van der Waals surface area (Å²) in [6.07, 6.45) is 3.84. The van der Waals surface area contributed by atoms with Gasteiger partial charge in [-0.05, 0) is 19.3 Å². The zero-order valence-corrected chi connectivity index (χ0v) is 11.2. The molecule has 1 atom stereocenters. The SMILES string of the molecule is CCCCC(C)COCCOCCOCC. The van der Waals surface area contributed by atoms with Crippen molar-refractivity contribution in [1.82, 2.24) is 0 Å². The third-order valence-electron chi connectivity index (χ3n) is 2.40. The first-order chi connectivity index (χ1) is 7.81. The molecule has 3 nitrogen and oxygen atoms in total. The summed E-state index contributed by atoms with van der Waals surface area (Å²) in [6, 6.07) is 0. The Kier molecular flexibility index (Phi) is 12.9. The zero-order chi connectivity index (χ0) is 12.1. The Labute approximate surface area is 100 Å². The lowest BCUT2D eigenvalue weighted by Gasteiger charge is -2.11. The fourth-order valence-corrected chi connectivity index (χ4v) is 1.40. The Bertz CT molecular complexity index is 128. The molecule has 3 heteroatoms. The third kappa shape index (κ3) is 12.0. The second-order valence-corrected chi connectivity index (χ2v) is 4.13. The average molecular weight is 232 g/mol. The minimum absolute atomic E-state index is 0.669. The molecule has 0 aromatic heterocycles. The van der Waals surface area contributed by atoms with E-state index in [9.17, 15) is 0 Å².